The van der Waals surface area contributed by atoms with Crippen molar-refractivity contribution in [3.63, 3.8) is 0 Å². The van der Waals surface area contributed by atoms with Gasteiger partial charge in [-0.2, -0.15) is 4.39 Å². The molecule has 0 saturated heterocycles. The summed E-state index contributed by atoms with van der Waals surface area (Å²) < 4.78 is 25.3. The SMILES string of the molecule is Fc1cccc(-c2ccc(F)nc2)c1. The molecule has 14 heavy (non-hydrogen) atoms. The molecule has 0 radical (unpaired) electrons. The van der Waals surface area contributed by atoms with Gasteiger partial charge in [0.25, 0.3) is 0 Å². The molecule has 3 heteroatoms. The first-order valence-electron chi connectivity index (χ1n) is 4.13. The minimum atomic E-state index is -0.537. The first-order chi connectivity index (χ1) is 6.75. The summed E-state index contributed by atoms with van der Waals surface area (Å²) >= 11 is 0. The highest BCUT2D eigenvalue weighted by atomic mass is 19.1. The summed E-state index contributed by atoms with van der Waals surface area (Å²) in [6.07, 6.45) is 1.38. The molecule has 0 aliphatic heterocycles. The zero-order valence-electron chi connectivity index (χ0n) is 7.24. The molecule has 0 N–H and O–H groups in total. The molecule has 1 aromatic heterocycles. The molecule has 0 aliphatic carbocycles. The predicted molar refractivity (Wildman–Crippen MR) is 49.6 cm³/mol. The summed E-state index contributed by atoms with van der Waals surface area (Å²) in [6.45, 7) is 0. The summed E-state index contributed by atoms with van der Waals surface area (Å²) in [5.74, 6) is -0.850. The average molecular weight is 191 g/mol. The number of hydrogen-bond acceptors (Lipinski definition) is 1. The van der Waals surface area contributed by atoms with Gasteiger partial charge in [-0.05, 0) is 29.8 Å². The van der Waals surface area contributed by atoms with Crippen molar-refractivity contribution in [2.75, 3.05) is 0 Å². The lowest BCUT2D eigenvalue weighted by Gasteiger charge is -2.00. The van der Waals surface area contributed by atoms with Gasteiger partial charge in [-0.3, -0.25) is 0 Å². The van der Waals surface area contributed by atoms with E-state index >= 15 is 0 Å². The van der Waals surface area contributed by atoms with E-state index in [4.69, 9.17) is 0 Å². The van der Waals surface area contributed by atoms with Crippen LogP contribution in [0, 0.1) is 11.8 Å². The zero-order chi connectivity index (χ0) is 9.97. The molecule has 0 saturated carbocycles. The van der Waals surface area contributed by atoms with Crippen LogP contribution in [0.15, 0.2) is 42.6 Å². The molecule has 0 unspecified atom stereocenters. The van der Waals surface area contributed by atoms with Crippen LogP contribution < -0.4 is 0 Å². The molecular weight excluding hydrogens is 184 g/mol. The Bertz CT molecular complexity index is 437. The van der Waals surface area contributed by atoms with Crippen LogP contribution in [0.2, 0.25) is 0 Å². The van der Waals surface area contributed by atoms with Gasteiger partial charge in [0, 0.05) is 11.8 Å². The van der Waals surface area contributed by atoms with Gasteiger partial charge >= 0.3 is 0 Å². The molecule has 1 heterocycles. The summed E-state index contributed by atoms with van der Waals surface area (Å²) in [5.41, 5.74) is 1.39. The Labute approximate surface area is 80.0 Å². The van der Waals surface area contributed by atoms with Gasteiger partial charge in [0.05, 0.1) is 0 Å². The Kier molecular flexibility index (Phi) is 2.23. The molecule has 0 atom stereocenters. The lowest BCUT2D eigenvalue weighted by atomic mass is 10.1. The first-order valence-corrected chi connectivity index (χ1v) is 4.13. The van der Waals surface area contributed by atoms with Crippen LogP contribution in [0.5, 0.6) is 0 Å². The van der Waals surface area contributed by atoms with Crippen LogP contribution in [0.4, 0.5) is 8.78 Å². The molecule has 70 valence electrons. The molecular formula is C11H7F2N. The molecule has 0 bridgehead atoms. The minimum absolute atomic E-state index is 0.313. The normalized spacial score (nSPS) is 10.1. The predicted octanol–water partition coefficient (Wildman–Crippen LogP) is 3.03. The van der Waals surface area contributed by atoms with Gasteiger partial charge in [-0.25, -0.2) is 9.37 Å². The van der Waals surface area contributed by atoms with Gasteiger partial charge in [0.15, 0.2) is 0 Å². The van der Waals surface area contributed by atoms with Crippen molar-refractivity contribution in [1.82, 2.24) is 4.98 Å². The Balaban J connectivity index is 2.44. The lowest BCUT2D eigenvalue weighted by molar-refractivity contribution is 0.584. The van der Waals surface area contributed by atoms with E-state index in [9.17, 15) is 8.78 Å². The summed E-state index contributed by atoms with van der Waals surface area (Å²) in [4.78, 5) is 3.50. The molecule has 2 rings (SSSR count). The second-order valence-electron chi connectivity index (χ2n) is 2.88. The highest BCUT2D eigenvalue weighted by molar-refractivity contribution is 5.61. The molecule has 0 spiro atoms. The summed E-state index contributed by atoms with van der Waals surface area (Å²) in [5, 5.41) is 0. The molecule has 0 aliphatic rings. The second-order valence-corrected chi connectivity index (χ2v) is 2.88. The van der Waals surface area contributed by atoms with Crippen LogP contribution in [0.25, 0.3) is 11.1 Å². The smallest absolute Gasteiger partial charge is 0.212 e. The third kappa shape index (κ3) is 1.76. The van der Waals surface area contributed by atoms with E-state index in [1.54, 1.807) is 18.2 Å². The van der Waals surface area contributed by atoms with Crippen LogP contribution in [-0.2, 0) is 0 Å². The topological polar surface area (TPSA) is 12.9 Å². The maximum atomic E-state index is 12.8. The number of halogens is 2. The molecule has 0 amide bonds. The van der Waals surface area contributed by atoms with Crippen molar-refractivity contribution in [1.29, 1.82) is 0 Å². The fourth-order valence-corrected chi connectivity index (χ4v) is 1.21. The van der Waals surface area contributed by atoms with Crippen molar-refractivity contribution in [3.8, 4) is 11.1 Å². The fraction of sp³-hybridized carbons (Fsp3) is 0. The van der Waals surface area contributed by atoms with Crippen molar-refractivity contribution in [2.24, 2.45) is 0 Å². The largest absolute Gasteiger partial charge is 0.228 e. The highest BCUT2D eigenvalue weighted by Crippen LogP contribution is 2.18. The number of pyridine rings is 1. The van der Waals surface area contributed by atoms with Crippen LogP contribution >= 0.6 is 0 Å². The van der Waals surface area contributed by atoms with Gasteiger partial charge in [0.2, 0.25) is 5.95 Å². The van der Waals surface area contributed by atoms with E-state index in [0.717, 1.165) is 0 Å². The molecule has 0 fully saturated rings. The van der Waals surface area contributed by atoms with Crippen LogP contribution in [-0.4, -0.2) is 4.98 Å². The standard InChI is InChI=1S/C11H7F2N/c12-10-3-1-2-8(6-10)9-4-5-11(13)14-7-9/h1-7H. The van der Waals surface area contributed by atoms with Crippen molar-refractivity contribution >= 4 is 0 Å². The molecule has 2 aromatic rings. The summed E-state index contributed by atoms with van der Waals surface area (Å²) in [6, 6.07) is 8.92. The van der Waals surface area contributed by atoms with Crippen molar-refractivity contribution in [3.05, 3.63) is 54.4 Å². The number of aromatic nitrogens is 1. The van der Waals surface area contributed by atoms with Gasteiger partial charge in [-0.1, -0.05) is 12.1 Å². The number of benzene rings is 1. The monoisotopic (exact) mass is 191 g/mol. The quantitative estimate of drug-likeness (QED) is 0.631. The van der Waals surface area contributed by atoms with Crippen LogP contribution in [0.1, 0.15) is 0 Å². The van der Waals surface area contributed by atoms with Crippen molar-refractivity contribution in [2.45, 2.75) is 0 Å². The number of hydrogen-bond donors (Lipinski definition) is 0. The minimum Gasteiger partial charge on any atom is -0.228 e. The third-order valence-corrected chi connectivity index (χ3v) is 1.89. The average Bonchev–Trinajstić information content (AvgIpc) is 2.19. The molecule has 1 nitrogen and oxygen atoms in total. The van der Waals surface area contributed by atoms with Gasteiger partial charge < -0.3 is 0 Å². The van der Waals surface area contributed by atoms with E-state index in [2.05, 4.69) is 4.98 Å². The highest BCUT2D eigenvalue weighted by Gasteiger charge is 1.99. The Morgan fingerprint density at radius 3 is 2.43 bits per heavy atom. The summed E-state index contributed by atoms with van der Waals surface area (Å²) in [7, 11) is 0. The van der Waals surface area contributed by atoms with E-state index in [0.29, 0.717) is 11.1 Å². The Hall–Kier alpha value is -1.77. The number of rotatable bonds is 1. The maximum Gasteiger partial charge on any atom is 0.212 e. The van der Waals surface area contributed by atoms with E-state index < -0.39 is 5.95 Å². The fourth-order valence-electron chi connectivity index (χ4n) is 1.21. The second kappa shape index (κ2) is 3.54. The van der Waals surface area contributed by atoms with Gasteiger partial charge in [0.1, 0.15) is 5.82 Å². The van der Waals surface area contributed by atoms with Gasteiger partial charge in [-0.15, -0.1) is 0 Å². The van der Waals surface area contributed by atoms with Crippen molar-refractivity contribution < 1.29 is 8.78 Å². The maximum absolute atomic E-state index is 12.8. The molecule has 1 aromatic carbocycles. The number of nitrogens with zero attached hydrogens (tertiary/aromatic N) is 1. The van der Waals surface area contributed by atoms with Crippen LogP contribution in [0.3, 0.4) is 0 Å². The first kappa shape index (κ1) is 8.81. The van der Waals surface area contributed by atoms with E-state index in [1.807, 2.05) is 0 Å². The Morgan fingerprint density at radius 2 is 1.79 bits per heavy atom. The Morgan fingerprint density at radius 1 is 0.929 bits per heavy atom. The van der Waals surface area contributed by atoms with E-state index in [-0.39, 0.29) is 5.82 Å². The third-order valence-electron chi connectivity index (χ3n) is 1.89. The van der Waals surface area contributed by atoms with E-state index in [1.165, 1.54) is 24.4 Å². The lowest BCUT2D eigenvalue weighted by Crippen LogP contribution is -1.84. The zero-order valence-corrected chi connectivity index (χ0v) is 7.24.